The Hall–Kier alpha value is -0.770. The largest absolute Gasteiger partial charge is 0.342 e. The Morgan fingerprint density at radius 2 is 2.14 bits per heavy atom. The van der Waals surface area contributed by atoms with Gasteiger partial charge in [0.2, 0.25) is 5.91 Å². The zero-order valence-corrected chi connectivity index (χ0v) is 14.4. The van der Waals surface area contributed by atoms with Gasteiger partial charge in [-0.25, -0.2) is 0 Å². The molecular weight excluding hydrogens is 319 g/mol. The highest BCUT2D eigenvalue weighted by Gasteiger charge is 2.48. The number of benzene rings is 1. The number of halogens is 2. The molecule has 1 saturated heterocycles. The molecule has 0 aromatic heterocycles. The van der Waals surface area contributed by atoms with E-state index in [2.05, 4.69) is 5.32 Å². The van der Waals surface area contributed by atoms with Crippen molar-refractivity contribution in [1.29, 1.82) is 0 Å². The van der Waals surface area contributed by atoms with Crippen molar-refractivity contribution in [1.82, 2.24) is 10.2 Å². The highest BCUT2D eigenvalue weighted by molar-refractivity contribution is 6.42. The lowest BCUT2D eigenvalue weighted by molar-refractivity contribution is -0.140. The second-order valence-electron chi connectivity index (χ2n) is 6.53. The summed E-state index contributed by atoms with van der Waals surface area (Å²) in [6, 6.07) is 5.65. The normalized spacial score (nSPS) is 23.4. The summed E-state index contributed by atoms with van der Waals surface area (Å²) in [5.41, 5.74) is 0.651. The Morgan fingerprint density at radius 3 is 2.73 bits per heavy atom. The van der Waals surface area contributed by atoms with Crippen LogP contribution in [0, 0.1) is 5.92 Å². The topological polar surface area (TPSA) is 32.3 Å². The molecule has 2 aliphatic rings. The van der Waals surface area contributed by atoms with Crippen molar-refractivity contribution in [2.24, 2.45) is 5.92 Å². The van der Waals surface area contributed by atoms with E-state index < -0.39 is 0 Å². The number of amides is 1. The Balaban J connectivity index is 1.81. The van der Waals surface area contributed by atoms with Crippen LogP contribution in [0.25, 0.3) is 0 Å². The third-order valence-electron chi connectivity index (χ3n) is 5.15. The highest BCUT2D eigenvalue weighted by atomic mass is 35.5. The van der Waals surface area contributed by atoms with E-state index in [4.69, 9.17) is 23.2 Å². The summed E-state index contributed by atoms with van der Waals surface area (Å²) in [5.74, 6) is 0.843. The number of nitrogens with zero attached hydrogens (tertiary/aromatic N) is 1. The van der Waals surface area contributed by atoms with Gasteiger partial charge in [-0.3, -0.25) is 4.79 Å². The number of rotatable bonds is 4. The van der Waals surface area contributed by atoms with E-state index in [1.807, 2.05) is 24.1 Å². The van der Waals surface area contributed by atoms with Crippen LogP contribution < -0.4 is 5.32 Å². The molecule has 0 spiro atoms. The Morgan fingerprint density at radius 1 is 1.36 bits per heavy atom. The Bertz CT molecular complexity index is 572. The van der Waals surface area contributed by atoms with Gasteiger partial charge < -0.3 is 10.2 Å². The molecule has 1 amide bonds. The summed E-state index contributed by atoms with van der Waals surface area (Å²) in [7, 11) is 1.97. The molecule has 1 aromatic carbocycles. The maximum atomic E-state index is 13.1. The van der Waals surface area contributed by atoms with Gasteiger partial charge in [0, 0.05) is 13.1 Å². The van der Waals surface area contributed by atoms with E-state index in [9.17, 15) is 4.79 Å². The molecule has 0 radical (unpaired) electrons. The fourth-order valence-electron chi connectivity index (χ4n) is 3.73. The smallest absolute Gasteiger partial charge is 0.233 e. The first kappa shape index (κ1) is 16.1. The predicted octanol–water partition coefficient (Wildman–Crippen LogP) is 3.48. The number of nitrogens with one attached hydrogen (secondary N) is 1. The third kappa shape index (κ3) is 2.75. The molecule has 1 unspecified atom stereocenters. The summed E-state index contributed by atoms with van der Waals surface area (Å²) < 4.78 is 0. The summed E-state index contributed by atoms with van der Waals surface area (Å²) in [6.45, 7) is 2.71. The Labute approximate surface area is 142 Å². The van der Waals surface area contributed by atoms with Crippen LogP contribution in [0.5, 0.6) is 0 Å². The zero-order chi connectivity index (χ0) is 15.7. The van der Waals surface area contributed by atoms with Crippen molar-refractivity contribution >= 4 is 29.1 Å². The van der Waals surface area contributed by atoms with Crippen LogP contribution >= 0.6 is 23.2 Å². The van der Waals surface area contributed by atoms with Crippen molar-refractivity contribution in [3.63, 3.8) is 0 Å². The molecule has 120 valence electrons. The minimum absolute atomic E-state index is 0.274. The van der Waals surface area contributed by atoms with Gasteiger partial charge in [-0.15, -0.1) is 0 Å². The summed E-state index contributed by atoms with van der Waals surface area (Å²) in [5, 5.41) is 4.29. The van der Waals surface area contributed by atoms with Gasteiger partial charge >= 0.3 is 0 Å². The molecule has 1 atom stereocenters. The van der Waals surface area contributed by atoms with Crippen LogP contribution in [-0.2, 0) is 10.2 Å². The first-order chi connectivity index (χ1) is 10.6. The lowest BCUT2D eigenvalue weighted by atomic mass is 9.63. The maximum absolute atomic E-state index is 13.1. The van der Waals surface area contributed by atoms with Gasteiger partial charge in [-0.1, -0.05) is 35.7 Å². The van der Waals surface area contributed by atoms with Crippen molar-refractivity contribution < 1.29 is 4.79 Å². The van der Waals surface area contributed by atoms with Crippen LogP contribution in [0.15, 0.2) is 18.2 Å². The molecule has 1 heterocycles. The minimum atomic E-state index is -0.372. The molecule has 1 aliphatic carbocycles. The van der Waals surface area contributed by atoms with Crippen LogP contribution in [-0.4, -0.2) is 37.5 Å². The quantitative estimate of drug-likeness (QED) is 0.909. The van der Waals surface area contributed by atoms with E-state index in [1.165, 1.54) is 0 Å². The van der Waals surface area contributed by atoms with E-state index in [0.29, 0.717) is 16.0 Å². The number of hydrogen-bond acceptors (Lipinski definition) is 2. The molecule has 1 N–H and O–H groups in total. The third-order valence-corrected chi connectivity index (χ3v) is 5.89. The second kappa shape index (κ2) is 6.38. The average molecular weight is 341 g/mol. The first-order valence-electron chi connectivity index (χ1n) is 7.96. The van der Waals surface area contributed by atoms with Gasteiger partial charge in [-0.05, 0) is 56.5 Å². The fraction of sp³-hybridized carbons (Fsp3) is 0.588. The van der Waals surface area contributed by atoms with Crippen molar-refractivity contribution in [3.8, 4) is 0 Å². The maximum Gasteiger partial charge on any atom is 0.233 e. The monoisotopic (exact) mass is 340 g/mol. The number of carbonyl (C=O) groups is 1. The van der Waals surface area contributed by atoms with E-state index in [0.717, 1.165) is 50.9 Å². The standard InChI is InChI=1S/C17H22Cl2N2O/c1-20-10-12-5-8-21(11-12)16(22)17(6-2-7-17)13-3-4-14(18)15(19)9-13/h3-4,9,12,20H,2,5-8,10-11H2,1H3. The van der Waals surface area contributed by atoms with E-state index >= 15 is 0 Å². The summed E-state index contributed by atoms with van der Waals surface area (Å²) >= 11 is 12.2. The molecule has 1 aromatic rings. The molecule has 3 rings (SSSR count). The molecule has 3 nitrogen and oxygen atoms in total. The SMILES string of the molecule is CNCC1CCN(C(=O)C2(c3ccc(Cl)c(Cl)c3)CCC2)C1. The number of hydrogen-bond donors (Lipinski definition) is 1. The molecular formula is C17H22Cl2N2O. The summed E-state index contributed by atoms with van der Waals surface area (Å²) in [6.07, 6.45) is 4.01. The van der Waals surface area contributed by atoms with Gasteiger partial charge in [0.05, 0.1) is 15.5 Å². The van der Waals surface area contributed by atoms with Crippen molar-refractivity contribution in [3.05, 3.63) is 33.8 Å². The molecule has 22 heavy (non-hydrogen) atoms. The van der Waals surface area contributed by atoms with Crippen LogP contribution in [0.3, 0.4) is 0 Å². The minimum Gasteiger partial charge on any atom is -0.342 e. The first-order valence-corrected chi connectivity index (χ1v) is 8.72. The zero-order valence-electron chi connectivity index (χ0n) is 12.9. The number of carbonyl (C=O) groups excluding carboxylic acids is 1. The van der Waals surface area contributed by atoms with E-state index in [1.54, 1.807) is 6.07 Å². The van der Waals surface area contributed by atoms with Crippen molar-refractivity contribution in [2.45, 2.75) is 31.1 Å². The molecule has 1 aliphatic heterocycles. The van der Waals surface area contributed by atoms with E-state index in [-0.39, 0.29) is 11.3 Å². The van der Waals surface area contributed by atoms with Crippen LogP contribution in [0.2, 0.25) is 10.0 Å². The van der Waals surface area contributed by atoms with Gasteiger partial charge in [0.25, 0.3) is 0 Å². The lowest BCUT2D eigenvalue weighted by Crippen LogP contribution is -2.50. The van der Waals surface area contributed by atoms with Gasteiger partial charge in [-0.2, -0.15) is 0 Å². The molecule has 1 saturated carbocycles. The second-order valence-corrected chi connectivity index (χ2v) is 7.34. The van der Waals surface area contributed by atoms with Crippen LogP contribution in [0.1, 0.15) is 31.2 Å². The van der Waals surface area contributed by atoms with Gasteiger partial charge in [0.15, 0.2) is 0 Å². The predicted molar refractivity (Wildman–Crippen MR) is 90.6 cm³/mol. The summed E-state index contributed by atoms with van der Waals surface area (Å²) in [4.78, 5) is 15.2. The van der Waals surface area contributed by atoms with Crippen LogP contribution in [0.4, 0.5) is 0 Å². The van der Waals surface area contributed by atoms with Gasteiger partial charge in [0.1, 0.15) is 0 Å². The Kier molecular flexibility index (Phi) is 4.67. The molecule has 0 bridgehead atoms. The number of likely N-dealkylation sites (tertiary alicyclic amines) is 1. The van der Waals surface area contributed by atoms with Crippen molar-refractivity contribution in [2.75, 3.05) is 26.7 Å². The lowest BCUT2D eigenvalue weighted by Gasteiger charge is -2.43. The average Bonchev–Trinajstić information content (AvgIpc) is 2.90. The fourth-order valence-corrected chi connectivity index (χ4v) is 4.02. The highest BCUT2D eigenvalue weighted by Crippen LogP contribution is 2.47. The molecule has 2 fully saturated rings. The molecule has 5 heteroatoms.